The van der Waals surface area contributed by atoms with Gasteiger partial charge in [-0.1, -0.05) is 12.1 Å². The number of fused-ring (bicyclic) bond motifs is 1. The zero-order chi connectivity index (χ0) is 23.4. The van der Waals surface area contributed by atoms with Crippen molar-refractivity contribution >= 4 is 17.8 Å². The van der Waals surface area contributed by atoms with Crippen LogP contribution in [0, 0.1) is 0 Å². The zero-order valence-corrected chi connectivity index (χ0v) is 20.0. The molecule has 1 saturated carbocycles. The third-order valence-electron chi connectivity index (χ3n) is 6.85. The number of hydrogen-bond acceptors (Lipinski definition) is 6. The quantitative estimate of drug-likeness (QED) is 0.664. The lowest BCUT2D eigenvalue weighted by molar-refractivity contribution is 0.156. The van der Waals surface area contributed by atoms with Gasteiger partial charge in [-0.25, -0.2) is 9.78 Å². The molecule has 1 heterocycles. The number of rotatable bonds is 7. The topological polar surface area (TPSA) is 96.6 Å². The number of urea groups is 1. The maximum atomic E-state index is 12.2. The minimum absolute atomic E-state index is 0.143. The fourth-order valence-electron chi connectivity index (χ4n) is 5.04. The number of hydrogen-bond donors (Lipinski definition) is 2. The number of methoxy groups -OCH3 is 1. The number of carbonyl (C=O) groups is 1. The number of nitrogens with zero attached hydrogens (tertiary/aromatic N) is 4. The van der Waals surface area contributed by atoms with E-state index in [0.717, 1.165) is 61.6 Å². The lowest BCUT2D eigenvalue weighted by Gasteiger charge is -2.36. The summed E-state index contributed by atoms with van der Waals surface area (Å²) in [5.74, 6) is 2.57. The molecular formula is C25H36N6O2. The van der Waals surface area contributed by atoms with Crippen LogP contribution in [0.3, 0.4) is 0 Å². The van der Waals surface area contributed by atoms with Gasteiger partial charge in [0.2, 0.25) is 5.95 Å². The molecule has 0 saturated heterocycles. The highest BCUT2D eigenvalue weighted by Gasteiger charge is 2.29. The van der Waals surface area contributed by atoms with Crippen molar-refractivity contribution in [3.63, 3.8) is 0 Å². The van der Waals surface area contributed by atoms with E-state index in [1.807, 2.05) is 38.4 Å². The van der Waals surface area contributed by atoms with Crippen LogP contribution in [0.5, 0.6) is 5.75 Å². The van der Waals surface area contributed by atoms with Crippen LogP contribution in [0.25, 0.3) is 0 Å². The van der Waals surface area contributed by atoms with E-state index in [1.54, 1.807) is 12.0 Å². The second kappa shape index (κ2) is 10.3. The summed E-state index contributed by atoms with van der Waals surface area (Å²) in [5.41, 5.74) is 9.30. The standard InChI is InChI=1S/C25H36N6O2/c1-30(2)23-21-6-4-5-7-22(21)28-25(29-23)27-18-10-12-19(13-11-18)31(24(26)32)16-17-8-14-20(33-3)15-9-17/h8-9,14-15,18-19H,4-7,10-13,16H2,1-3H3,(H2,26,32)(H,27,28,29). The van der Waals surface area contributed by atoms with Gasteiger partial charge in [-0.3, -0.25) is 0 Å². The number of carbonyl (C=O) groups excluding carboxylic acids is 1. The van der Waals surface area contributed by atoms with E-state index in [0.29, 0.717) is 12.6 Å². The molecule has 33 heavy (non-hydrogen) atoms. The first-order chi connectivity index (χ1) is 15.9. The van der Waals surface area contributed by atoms with Crippen molar-refractivity contribution in [3.8, 4) is 5.75 Å². The molecule has 1 aromatic heterocycles. The average Bonchev–Trinajstić information content (AvgIpc) is 2.83. The average molecular weight is 453 g/mol. The summed E-state index contributed by atoms with van der Waals surface area (Å²) in [7, 11) is 5.74. The molecule has 0 bridgehead atoms. The van der Waals surface area contributed by atoms with Crippen LogP contribution in [0.1, 0.15) is 55.3 Å². The first-order valence-electron chi connectivity index (χ1n) is 12.0. The summed E-state index contributed by atoms with van der Waals surface area (Å²) in [5, 5.41) is 3.58. The van der Waals surface area contributed by atoms with E-state index in [1.165, 1.54) is 24.1 Å². The molecule has 2 aromatic rings. The Kier molecular flexibility index (Phi) is 7.20. The molecule has 2 aliphatic carbocycles. The summed E-state index contributed by atoms with van der Waals surface area (Å²) in [6, 6.07) is 7.87. The Bertz CT molecular complexity index is 954. The van der Waals surface area contributed by atoms with Crippen LogP contribution in [0.4, 0.5) is 16.6 Å². The van der Waals surface area contributed by atoms with Crippen molar-refractivity contribution in [2.45, 2.75) is 70.0 Å². The van der Waals surface area contributed by atoms with Gasteiger partial charge in [0, 0.05) is 38.3 Å². The number of nitrogens with one attached hydrogen (secondary N) is 1. The van der Waals surface area contributed by atoms with Crippen LogP contribution in [-0.4, -0.2) is 54.2 Å². The van der Waals surface area contributed by atoms with E-state index in [9.17, 15) is 4.79 Å². The van der Waals surface area contributed by atoms with Crippen molar-refractivity contribution in [2.75, 3.05) is 31.4 Å². The number of benzene rings is 1. The van der Waals surface area contributed by atoms with Crippen LogP contribution >= 0.6 is 0 Å². The number of aryl methyl sites for hydroxylation is 1. The van der Waals surface area contributed by atoms with Crippen molar-refractivity contribution < 1.29 is 9.53 Å². The third kappa shape index (κ3) is 5.49. The lowest BCUT2D eigenvalue weighted by Crippen LogP contribution is -2.46. The van der Waals surface area contributed by atoms with Crippen molar-refractivity contribution in [2.24, 2.45) is 5.73 Å². The van der Waals surface area contributed by atoms with Crippen molar-refractivity contribution in [1.29, 1.82) is 0 Å². The van der Waals surface area contributed by atoms with Crippen LogP contribution in [-0.2, 0) is 19.4 Å². The van der Waals surface area contributed by atoms with Gasteiger partial charge < -0.3 is 25.6 Å². The molecule has 2 amide bonds. The minimum Gasteiger partial charge on any atom is -0.497 e. The maximum Gasteiger partial charge on any atom is 0.315 e. The molecule has 0 aliphatic heterocycles. The van der Waals surface area contributed by atoms with Gasteiger partial charge in [0.15, 0.2) is 0 Å². The van der Waals surface area contributed by atoms with Gasteiger partial charge in [0.25, 0.3) is 0 Å². The zero-order valence-electron chi connectivity index (χ0n) is 20.0. The third-order valence-corrected chi connectivity index (χ3v) is 6.85. The maximum absolute atomic E-state index is 12.2. The minimum atomic E-state index is -0.365. The summed E-state index contributed by atoms with van der Waals surface area (Å²) < 4.78 is 5.22. The largest absolute Gasteiger partial charge is 0.497 e. The fraction of sp³-hybridized carbons (Fsp3) is 0.560. The Morgan fingerprint density at radius 1 is 1.09 bits per heavy atom. The Hall–Kier alpha value is -3.03. The van der Waals surface area contributed by atoms with E-state index in [2.05, 4.69) is 10.2 Å². The SMILES string of the molecule is COc1ccc(CN(C(N)=O)C2CCC(Nc3nc4c(c(N(C)C)n3)CCCC4)CC2)cc1. The van der Waals surface area contributed by atoms with E-state index < -0.39 is 0 Å². The Balaban J connectivity index is 1.38. The molecular weight excluding hydrogens is 416 g/mol. The Morgan fingerprint density at radius 2 is 1.79 bits per heavy atom. The highest BCUT2D eigenvalue weighted by molar-refractivity contribution is 5.72. The number of amides is 2. The van der Waals surface area contributed by atoms with Gasteiger partial charge in [0.1, 0.15) is 11.6 Å². The first kappa shape index (κ1) is 23.1. The number of nitrogens with two attached hydrogens (primary N) is 1. The molecule has 1 fully saturated rings. The molecule has 3 N–H and O–H groups in total. The first-order valence-corrected chi connectivity index (χ1v) is 12.0. The normalized spacial score (nSPS) is 20.0. The number of ether oxygens (including phenoxy) is 1. The smallest absolute Gasteiger partial charge is 0.315 e. The summed E-state index contributed by atoms with van der Waals surface area (Å²) >= 11 is 0. The van der Waals surface area contributed by atoms with Crippen molar-refractivity contribution in [3.05, 3.63) is 41.1 Å². The Labute approximate surface area is 196 Å². The second-order valence-corrected chi connectivity index (χ2v) is 9.36. The van der Waals surface area contributed by atoms with Gasteiger partial charge in [0.05, 0.1) is 12.8 Å². The fourth-order valence-corrected chi connectivity index (χ4v) is 5.04. The van der Waals surface area contributed by atoms with Gasteiger partial charge in [-0.05, 0) is 69.1 Å². The van der Waals surface area contributed by atoms with Crippen molar-refractivity contribution in [1.82, 2.24) is 14.9 Å². The monoisotopic (exact) mass is 452 g/mol. The molecule has 2 aliphatic rings. The summed E-state index contributed by atoms with van der Waals surface area (Å²) in [4.78, 5) is 25.8. The number of primary amides is 1. The van der Waals surface area contributed by atoms with Crippen LogP contribution in [0.15, 0.2) is 24.3 Å². The molecule has 178 valence electrons. The van der Waals surface area contributed by atoms with E-state index in [-0.39, 0.29) is 12.1 Å². The molecule has 0 atom stereocenters. The summed E-state index contributed by atoms with van der Waals surface area (Å²) in [6.07, 6.45) is 8.21. The highest BCUT2D eigenvalue weighted by Crippen LogP contribution is 2.30. The van der Waals surface area contributed by atoms with Crippen LogP contribution < -0.4 is 20.7 Å². The number of anilines is 2. The molecule has 1 aromatic carbocycles. The van der Waals surface area contributed by atoms with Gasteiger partial charge >= 0.3 is 6.03 Å². The van der Waals surface area contributed by atoms with E-state index >= 15 is 0 Å². The molecule has 0 spiro atoms. The van der Waals surface area contributed by atoms with Gasteiger partial charge in [-0.2, -0.15) is 4.98 Å². The summed E-state index contributed by atoms with van der Waals surface area (Å²) in [6.45, 7) is 0.516. The molecule has 0 unspecified atom stereocenters. The predicted octanol–water partition coefficient (Wildman–Crippen LogP) is 3.73. The predicted molar refractivity (Wildman–Crippen MR) is 131 cm³/mol. The molecule has 4 rings (SSSR count). The van der Waals surface area contributed by atoms with Gasteiger partial charge in [-0.15, -0.1) is 0 Å². The number of aromatic nitrogens is 2. The molecule has 8 heteroatoms. The Morgan fingerprint density at radius 3 is 2.42 bits per heavy atom. The molecule has 0 radical (unpaired) electrons. The lowest BCUT2D eigenvalue weighted by atomic mass is 9.90. The molecule has 8 nitrogen and oxygen atoms in total. The highest BCUT2D eigenvalue weighted by atomic mass is 16.5. The van der Waals surface area contributed by atoms with Crippen LogP contribution in [0.2, 0.25) is 0 Å². The second-order valence-electron chi connectivity index (χ2n) is 9.36. The van der Waals surface area contributed by atoms with E-state index in [4.69, 9.17) is 20.4 Å².